The summed E-state index contributed by atoms with van der Waals surface area (Å²) in [6.45, 7) is 0. The molecule has 1 aromatic carbocycles. The molecule has 0 radical (unpaired) electrons. The Hall–Kier alpha value is -1.32. The largest absolute Gasteiger partial charge is 0.353 e. The molecule has 0 atom stereocenters. The van der Waals surface area contributed by atoms with Gasteiger partial charge in [-0.15, -0.1) is 0 Å². The van der Waals surface area contributed by atoms with E-state index in [9.17, 15) is 4.39 Å². The maximum atomic E-state index is 13.4. The predicted molar refractivity (Wildman–Crippen MR) is 63.9 cm³/mol. The van der Waals surface area contributed by atoms with Crippen molar-refractivity contribution in [2.24, 2.45) is 0 Å². The van der Waals surface area contributed by atoms with Crippen LogP contribution in [0.5, 0.6) is 0 Å². The molecule has 1 N–H and O–H groups in total. The average Bonchev–Trinajstić information content (AvgIpc) is 2.24. The number of rotatable bonds is 2. The summed E-state index contributed by atoms with van der Waals surface area (Å²) in [4.78, 5) is 3.83. The smallest absolute Gasteiger partial charge is 0.146 e. The number of nitrogens with one attached hydrogen (secondary N) is 1. The second-order valence-electron chi connectivity index (χ2n) is 3.12. The van der Waals surface area contributed by atoms with E-state index in [4.69, 9.17) is 23.2 Å². The van der Waals surface area contributed by atoms with Gasteiger partial charge in [-0.3, -0.25) is 0 Å². The predicted octanol–water partition coefficient (Wildman–Crippen LogP) is 4.27. The minimum Gasteiger partial charge on any atom is -0.353 e. The summed E-state index contributed by atoms with van der Waals surface area (Å²) in [5.74, 6) is -0.377. The first-order chi connectivity index (χ1) is 7.65. The second-order valence-corrected chi connectivity index (χ2v) is 3.94. The molecule has 0 unspecified atom stereocenters. The highest BCUT2D eigenvalue weighted by Crippen LogP contribution is 2.24. The first-order valence-corrected chi connectivity index (χ1v) is 5.24. The van der Waals surface area contributed by atoms with E-state index in [0.717, 1.165) is 0 Å². The Kier molecular flexibility index (Phi) is 3.27. The van der Waals surface area contributed by atoms with Crippen molar-refractivity contribution in [2.75, 3.05) is 5.32 Å². The highest BCUT2D eigenvalue weighted by atomic mass is 35.5. The fourth-order valence-electron chi connectivity index (χ4n) is 1.23. The van der Waals surface area contributed by atoms with Crippen molar-refractivity contribution in [1.29, 1.82) is 0 Å². The molecule has 0 saturated carbocycles. The summed E-state index contributed by atoms with van der Waals surface area (Å²) in [6.07, 6.45) is 1.53. The van der Waals surface area contributed by atoms with Gasteiger partial charge in [0, 0.05) is 16.9 Å². The van der Waals surface area contributed by atoms with E-state index in [0.29, 0.717) is 21.6 Å². The monoisotopic (exact) mass is 256 g/mol. The van der Waals surface area contributed by atoms with Gasteiger partial charge in [0.2, 0.25) is 0 Å². The second kappa shape index (κ2) is 4.68. The number of aromatic nitrogens is 1. The zero-order valence-corrected chi connectivity index (χ0v) is 9.56. The van der Waals surface area contributed by atoms with Crippen LogP contribution in [0.1, 0.15) is 0 Å². The van der Waals surface area contributed by atoms with Crippen molar-refractivity contribution in [2.45, 2.75) is 0 Å². The van der Waals surface area contributed by atoms with Gasteiger partial charge < -0.3 is 5.32 Å². The molecule has 0 aliphatic rings. The molecular weight excluding hydrogens is 250 g/mol. The quantitative estimate of drug-likeness (QED) is 0.812. The highest BCUT2D eigenvalue weighted by Gasteiger charge is 2.03. The van der Waals surface area contributed by atoms with Gasteiger partial charge in [-0.2, -0.15) is 0 Å². The lowest BCUT2D eigenvalue weighted by atomic mass is 10.3. The first kappa shape index (κ1) is 11.2. The van der Waals surface area contributed by atoms with E-state index in [1.165, 1.54) is 24.4 Å². The van der Waals surface area contributed by atoms with Crippen LogP contribution in [0.3, 0.4) is 0 Å². The number of hydrogen-bond donors (Lipinski definition) is 1. The molecule has 0 fully saturated rings. The molecule has 82 valence electrons. The summed E-state index contributed by atoms with van der Waals surface area (Å²) in [6, 6.07) is 7.58. The number of pyridine rings is 1. The van der Waals surface area contributed by atoms with E-state index in [1.807, 2.05) is 0 Å². The molecule has 1 aromatic heterocycles. The molecule has 0 saturated heterocycles. The van der Waals surface area contributed by atoms with Crippen LogP contribution in [0.15, 0.2) is 36.5 Å². The van der Waals surface area contributed by atoms with E-state index < -0.39 is 0 Å². The molecule has 0 aliphatic heterocycles. The number of benzene rings is 1. The Labute approximate surface area is 102 Å². The number of halogens is 3. The van der Waals surface area contributed by atoms with Crippen LogP contribution in [0.4, 0.5) is 15.8 Å². The maximum absolute atomic E-state index is 13.4. The molecule has 2 aromatic rings. The topological polar surface area (TPSA) is 24.9 Å². The minimum atomic E-state index is -0.377. The normalized spacial score (nSPS) is 10.2. The van der Waals surface area contributed by atoms with Gasteiger partial charge in [-0.25, -0.2) is 9.37 Å². The zero-order chi connectivity index (χ0) is 11.5. The third kappa shape index (κ3) is 2.62. The molecule has 0 amide bonds. The molecule has 2 nitrogen and oxygen atoms in total. The van der Waals surface area contributed by atoms with Gasteiger partial charge in [-0.05, 0) is 30.3 Å². The molecule has 2 rings (SSSR count). The van der Waals surface area contributed by atoms with Gasteiger partial charge in [0.05, 0.1) is 5.69 Å². The summed E-state index contributed by atoms with van der Waals surface area (Å²) < 4.78 is 13.4. The van der Waals surface area contributed by atoms with Crippen molar-refractivity contribution in [3.8, 4) is 0 Å². The van der Waals surface area contributed by atoms with Crippen LogP contribution in [0.2, 0.25) is 10.2 Å². The molecule has 0 spiro atoms. The van der Waals surface area contributed by atoms with Gasteiger partial charge in [0.25, 0.3) is 0 Å². The Morgan fingerprint density at radius 2 is 1.94 bits per heavy atom. The lowest BCUT2D eigenvalue weighted by Crippen LogP contribution is -1.93. The SMILES string of the molecule is Fc1ccc(Cl)cc1Nc1ccnc(Cl)c1. The zero-order valence-electron chi connectivity index (χ0n) is 8.05. The molecule has 0 aliphatic carbocycles. The number of anilines is 2. The standard InChI is InChI=1S/C11H7Cl2FN2/c12-7-1-2-9(14)10(5-7)16-8-3-4-15-11(13)6-8/h1-6H,(H,15,16). The van der Waals surface area contributed by atoms with Crippen LogP contribution in [-0.2, 0) is 0 Å². The molecular formula is C11H7Cl2FN2. The Balaban J connectivity index is 2.30. The van der Waals surface area contributed by atoms with Crippen LogP contribution >= 0.6 is 23.2 Å². The number of hydrogen-bond acceptors (Lipinski definition) is 2. The van der Waals surface area contributed by atoms with Gasteiger partial charge >= 0.3 is 0 Å². The van der Waals surface area contributed by atoms with Crippen LogP contribution in [0, 0.1) is 5.82 Å². The molecule has 1 heterocycles. The van der Waals surface area contributed by atoms with Crippen molar-refractivity contribution in [1.82, 2.24) is 4.98 Å². The molecule has 0 bridgehead atoms. The average molecular weight is 257 g/mol. The maximum Gasteiger partial charge on any atom is 0.146 e. The van der Waals surface area contributed by atoms with E-state index in [1.54, 1.807) is 12.1 Å². The van der Waals surface area contributed by atoms with Gasteiger partial charge in [-0.1, -0.05) is 23.2 Å². The summed E-state index contributed by atoms with van der Waals surface area (Å²) in [5.41, 5.74) is 0.955. The van der Waals surface area contributed by atoms with Crippen LogP contribution in [0.25, 0.3) is 0 Å². The van der Waals surface area contributed by atoms with Crippen LogP contribution in [-0.4, -0.2) is 4.98 Å². The summed E-state index contributed by atoms with van der Waals surface area (Å²) in [5, 5.41) is 3.67. The van der Waals surface area contributed by atoms with E-state index >= 15 is 0 Å². The fraction of sp³-hybridized carbons (Fsp3) is 0. The molecule has 16 heavy (non-hydrogen) atoms. The van der Waals surface area contributed by atoms with Gasteiger partial charge in [0.15, 0.2) is 0 Å². The van der Waals surface area contributed by atoms with Gasteiger partial charge in [0.1, 0.15) is 11.0 Å². The van der Waals surface area contributed by atoms with E-state index in [-0.39, 0.29) is 5.82 Å². The highest BCUT2D eigenvalue weighted by molar-refractivity contribution is 6.31. The minimum absolute atomic E-state index is 0.301. The third-order valence-electron chi connectivity index (χ3n) is 1.93. The summed E-state index contributed by atoms with van der Waals surface area (Å²) >= 11 is 11.5. The number of nitrogens with zero attached hydrogens (tertiary/aromatic N) is 1. The van der Waals surface area contributed by atoms with Crippen molar-refractivity contribution in [3.63, 3.8) is 0 Å². The molecule has 5 heteroatoms. The van der Waals surface area contributed by atoms with E-state index in [2.05, 4.69) is 10.3 Å². The Morgan fingerprint density at radius 1 is 1.12 bits per heavy atom. The van der Waals surface area contributed by atoms with Crippen molar-refractivity contribution < 1.29 is 4.39 Å². The van der Waals surface area contributed by atoms with Crippen molar-refractivity contribution >= 4 is 34.6 Å². The lowest BCUT2D eigenvalue weighted by molar-refractivity contribution is 0.632. The first-order valence-electron chi connectivity index (χ1n) is 4.49. The summed E-state index contributed by atoms with van der Waals surface area (Å²) in [7, 11) is 0. The third-order valence-corrected chi connectivity index (χ3v) is 2.38. The Bertz CT molecular complexity index is 517. The Morgan fingerprint density at radius 3 is 2.69 bits per heavy atom. The fourth-order valence-corrected chi connectivity index (χ4v) is 1.58. The van der Waals surface area contributed by atoms with Crippen molar-refractivity contribution in [3.05, 3.63) is 52.5 Å². The van der Waals surface area contributed by atoms with Crippen LogP contribution < -0.4 is 5.32 Å². The lowest BCUT2D eigenvalue weighted by Gasteiger charge is -2.07.